The summed E-state index contributed by atoms with van der Waals surface area (Å²) < 4.78 is 28.4. The Labute approximate surface area is 180 Å². The van der Waals surface area contributed by atoms with Crippen LogP contribution in [-0.4, -0.2) is 55.3 Å². The van der Waals surface area contributed by atoms with Crippen LogP contribution in [0.4, 0.5) is 14.7 Å². The van der Waals surface area contributed by atoms with Gasteiger partial charge < -0.3 is 15.3 Å². The van der Waals surface area contributed by atoms with E-state index in [1.807, 2.05) is 0 Å². The van der Waals surface area contributed by atoms with Crippen LogP contribution in [0.2, 0.25) is 0 Å². The number of rotatable bonds is 5. The minimum absolute atomic E-state index is 0.211. The second kappa shape index (κ2) is 8.43. The van der Waals surface area contributed by atoms with Gasteiger partial charge in [0.05, 0.1) is 17.2 Å². The summed E-state index contributed by atoms with van der Waals surface area (Å²) in [6, 6.07) is 1.30. The molecule has 0 unspecified atom stereocenters. The Morgan fingerprint density at radius 1 is 1.26 bits per heavy atom. The fourth-order valence-electron chi connectivity index (χ4n) is 4.94. The Morgan fingerprint density at radius 3 is 2.55 bits per heavy atom. The number of anilines is 1. The van der Waals surface area contributed by atoms with Crippen LogP contribution in [0.5, 0.6) is 0 Å². The summed E-state index contributed by atoms with van der Waals surface area (Å²) >= 11 is 0. The molecule has 1 aliphatic heterocycles. The van der Waals surface area contributed by atoms with Crippen molar-refractivity contribution in [1.82, 2.24) is 19.4 Å². The van der Waals surface area contributed by atoms with E-state index < -0.39 is 29.2 Å². The van der Waals surface area contributed by atoms with Crippen LogP contribution < -0.4 is 10.9 Å². The normalized spacial score (nSPS) is 25.7. The number of alkyl halides is 2. The Balaban J connectivity index is 1.71. The maximum atomic E-state index is 13.6. The molecule has 2 aromatic heterocycles. The number of aliphatic hydroxyl groups is 1. The molecule has 0 spiro atoms. The standard InChI is InChI=1S/C22H31F2N5O2/c1-13(2)28-9-6-15(7-10-28)26-21-25-12-14-11-16(18(23)24)20(30)29(19(14)27-21)17-5-4-8-22(17,3)31/h11-13,15,17-18,31H,4-10H2,1-3H3,(H,25,26,27)/t17-,22-/m1/s1. The molecule has 3 heterocycles. The quantitative estimate of drug-likeness (QED) is 0.748. The van der Waals surface area contributed by atoms with Crippen LogP contribution in [-0.2, 0) is 0 Å². The monoisotopic (exact) mass is 435 g/mol. The summed E-state index contributed by atoms with van der Waals surface area (Å²) in [5, 5.41) is 14.5. The third-order valence-corrected chi connectivity index (χ3v) is 6.82. The molecule has 31 heavy (non-hydrogen) atoms. The lowest BCUT2D eigenvalue weighted by Crippen LogP contribution is -2.42. The largest absolute Gasteiger partial charge is 0.388 e. The Kier molecular flexibility index (Phi) is 6.00. The zero-order chi connectivity index (χ0) is 22.3. The number of halogens is 2. The number of piperidine rings is 1. The van der Waals surface area contributed by atoms with E-state index in [-0.39, 0.29) is 6.04 Å². The Hall–Kier alpha value is -2.13. The second-order valence-electron chi connectivity index (χ2n) is 9.36. The topological polar surface area (TPSA) is 83.3 Å². The summed E-state index contributed by atoms with van der Waals surface area (Å²) in [5.74, 6) is 0.381. The van der Waals surface area contributed by atoms with Gasteiger partial charge in [-0.05, 0) is 58.9 Å². The third-order valence-electron chi connectivity index (χ3n) is 6.82. The first-order valence-corrected chi connectivity index (χ1v) is 11.1. The summed E-state index contributed by atoms with van der Waals surface area (Å²) in [5.41, 5.74) is -2.23. The summed E-state index contributed by atoms with van der Waals surface area (Å²) in [4.78, 5) is 24.3. The molecule has 0 aromatic carbocycles. The summed E-state index contributed by atoms with van der Waals surface area (Å²) in [7, 11) is 0. The first kappa shape index (κ1) is 22.1. The van der Waals surface area contributed by atoms with Crippen molar-refractivity contribution in [2.75, 3.05) is 18.4 Å². The van der Waals surface area contributed by atoms with Gasteiger partial charge in [-0.3, -0.25) is 9.36 Å². The number of fused-ring (bicyclic) bond motifs is 1. The van der Waals surface area contributed by atoms with E-state index in [2.05, 4.69) is 34.0 Å². The fourth-order valence-corrected chi connectivity index (χ4v) is 4.94. The van der Waals surface area contributed by atoms with Gasteiger partial charge in [0.2, 0.25) is 5.95 Å². The molecule has 1 aliphatic carbocycles. The van der Waals surface area contributed by atoms with Crippen molar-refractivity contribution in [2.45, 2.75) is 83.0 Å². The lowest BCUT2D eigenvalue weighted by Gasteiger charge is -2.34. The predicted molar refractivity (Wildman–Crippen MR) is 116 cm³/mol. The molecule has 170 valence electrons. The van der Waals surface area contributed by atoms with Crippen LogP contribution >= 0.6 is 0 Å². The van der Waals surface area contributed by atoms with Crippen LogP contribution in [0.25, 0.3) is 11.0 Å². The molecular formula is C22H31F2N5O2. The van der Waals surface area contributed by atoms with Crippen molar-refractivity contribution in [3.05, 3.63) is 28.2 Å². The lowest BCUT2D eigenvalue weighted by atomic mass is 9.99. The number of aromatic nitrogens is 3. The van der Waals surface area contributed by atoms with Gasteiger partial charge >= 0.3 is 0 Å². The molecule has 4 rings (SSSR count). The highest BCUT2D eigenvalue weighted by Gasteiger charge is 2.40. The summed E-state index contributed by atoms with van der Waals surface area (Å²) in [6.07, 6.45) is 2.25. The van der Waals surface area contributed by atoms with Gasteiger partial charge in [0.1, 0.15) is 5.65 Å². The molecule has 9 heteroatoms. The number of pyridine rings is 1. The van der Waals surface area contributed by atoms with E-state index in [1.54, 1.807) is 6.92 Å². The zero-order valence-electron chi connectivity index (χ0n) is 18.3. The van der Waals surface area contributed by atoms with E-state index in [9.17, 15) is 18.7 Å². The number of hydrogen-bond donors (Lipinski definition) is 2. The van der Waals surface area contributed by atoms with Gasteiger partial charge in [-0.25, -0.2) is 13.8 Å². The molecule has 2 fully saturated rings. The number of nitrogens with one attached hydrogen (secondary N) is 1. The van der Waals surface area contributed by atoms with Gasteiger partial charge in [0, 0.05) is 36.8 Å². The SMILES string of the molecule is CC(C)N1CCC(Nc2ncc3cc(C(F)F)c(=O)n([C@@H]4CCC[C@@]4(C)O)c3n2)CC1. The molecule has 7 nitrogen and oxygen atoms in total. The molecule has 2 atom stereocenters. The highest BCUT2D eigenvalue weighted by Crippen LogP contribution is 2.39. The molecule has 2 aromatic rings. The lowest BCUT2D eigenvalue weighted by molar-refractivity contribution is 0.0261. The van der Waals surface area contributed by atoms with Crippen molar-refractivity contribution in [1.29, 1.82) is 0 Å². The van der Waals surface area contributed by atoms with E-state index in [4.69, 9.17) is 0 Å². The smallest absolute Gasteiger partial charge is 0.269 e. The molecule has 0 radical (unpaired) electrons. The van der Waals surface area contributed by atoms with E-state index >= 15 is 0 Å². The number of nitrogens with zero attached hydrogens (tertiary/aromatic N) is 4. The highest BCUT2D eigenvalue weighted by atomic mass is 19.3. The molecule has 2 aliphatic rings. The molecule has 1 saturated carbocycles. The van der Waals surface area contributed by atoms with Gasteiger partial charge in [-0.1, -0.05) is 0 Å². The van der Waals surface area contributed by atoms with Crippen LogP contribution in [0.15, 0.2) is 17.1 Å². The van der Waals surface area contributed by atoms with Gasteiger partial charge in [0.25, 0.3) is 12.0 Å². The first-order chi connectivity index (χ1) is 14.7. The maximum Gasteiger partial charge on any atom is 0.269 e. The minimum Gasteiger partial charge on any atom is -0.388 e. The number of likely N-dealkylation sites (tertiary alicyclic amines) is 1. The highest BCUT2D eigenvalue weighted by molar-refractivity contribution is 5.76. The zero-order valence-corrected chi connectivity index (χ0v) is 18.3. The first-order valence-electron chi connectivity index (χ1n) is 11.1. The molecule has 1 saturated heterocycles. The fraction of sp³-hybridized carbons (Fsp3) is 0.682. The van der Waals surface area contributed by atoms with E-state index in [0.29, 0.717) is 35.9 Å². The van der Waals surface area contributed by atoms with E-state index in [0.717, 1.165) is 32.4 Å². The average molecular weight is 436 g/mol. The van der Waals surface area contributed by atoms with Crippen molar-refractivity contribution in [3.63, 3.8) is 0 Å². The molecule has 0 bridgehead atoms. The second-order valence-corrected chi connectivity index (χ2v) is 9.36. The Morgan fingerprint density at radius 2 is 1.97 bits per heavy atom. The average Bonchev–Trinajstić information content (AvgIpc) is 3.06. The number of hydrogen-bond acceptors (Lipinski definition) is 6. The Bertz CT molecular complexity index is 999. The summed E-state index contributed by atoms with van der Waals surface area (Å²) in [6.45, 7) is 7.99. The minimum atomic E-state index is -2.90. The van der Waals surface area contributed by atoms with Crippen molar-refractivity contribution in [2.24, 2.45) is 0 Å². The van der Waals surface area contributed by atoms with Crippen molar-refractivity contribution >= 4 is 17.0 Å². The van der Waals surface area contributed by atoms with Crippen molar-refractivity contribution in [3.8, 4) is 0 Å². The predicted octanol–water partition coefficient (Wildman–Crippen LogP) is 3.49. The van der Waals surface area contributed by atoms with E-state index in [1.165, 1.54) is 16.8 Å². The van der Waals surface area contributed by atoms with Crippen LogP contribution in [0.1, 0.15) is 70.9 Å². The molecule has 2 N–H and O–H groups in total. The third kappa shape index (κ3) is 4.30. The molecule has 0 amide bonds. The van der Waals surface area contributed by atoms with Gasteiger partial charge in [0.15, 0.2) is 0 Å². The molecular weight excluding hydrogens is 404 g/mol. The maximum absolute atomic E-state index is 13.6. The van der Waals surface area contributed by atoms with Crippen LogP contribution in [0.3, 0.4) is 0 Å². The van der Waals surface area contributed by atoms with Crippen molar-refractivity contribution < 1.29 is 13.9 Å². The van der Waals surface area contributed by atoms with Gasteiger partial charge in [-0.15, -0.1) is 0 Å². The van der Waals surface area contributed by atoms with Gasteiger partial charge in [-0.2, -0.15) is 4.98 Å². The van der Waals surface area contributed by atoms with Crippen LogP contribution in [0, 0.1) is 0 Å².